The van der Waals surface area contributed by atoms with Crippen molar-refractivity contribution in [3.8, 4) is 11.5 Å². The maximum Gasteiger partial charge on any atom is 0.161 e. The molecule has 0 spiro atoms. The van der Waals surface area contributed by atoms with Crippen LogP contribution in [0.25, 0.3) is 0 Å². The molecule has 0 aromatic heterocycles. The van der Waals surface area contributed by atoms with E-state index in [1.165, 1.54) is 11.1 Å². The molecule has 0 aliphatic carbocycles. The summed E-state index contributed by atoms with van der Waals surface area (Å²) in [5, 5.41) is 0.801. The molecule has 3 nitrogen and oxygen atoms in total. The van der Waals surface area contributed by atoms with Gasteiger partial charge in [0, 0.05) is 5.33 Å². The topological polar surface area (TPSA) is 27.7 Å². The number of hydrogen-bond donors (Lipinski definition) is 0. The fourth-order valence-electron chi connectivity index (χ4n) is 1.98. The molecule has 1 aliphatic rings. The Morgan fingerprint density at radius 1 is 1.31 bits per heavy atom. The summed E-state index contributed by atoms with van der Waals surface area (Å²) in [6.45, 7) is 0.763. The molecule has 0 N–H and O–H groups in total. The summed E-state index contributed by atoms with van der Waals surface area (Å²) in [4.78, 5) is 0. The van der Waals surface area contributed by atoms with Crippen molar-refractivity contribution in [3.05, 3.63) is 23.3 Å². The van der Waals surface area contributed by atoms with E-state index in [-0.39, 0.29) is 6.10 Å². The summed E-state index contributed by atoms with van der Waals surface area (Å²) >= 11 is 3.47. The third kappa shape index (κ3) is 2.04. The van der Waals surface area contributed by atoms with Crippen molar-refractivity contribution in [2.24, 2.45) is 0 Å². The van der Waals surface area contributed by atoms with Crippen LogP contribution in [-0.2, 0) is 11.2 Å². The largest absolute Gasteiger partial charge is 0.493 e. The average molecular weight is 287 g/mol. The molecule has 0 bridgehead atoms. The Kier molecular flexibility index (Phi) is 3.71. The third-order valence-corrected chi connectivity index (χ3v) is 3.41. The van der Waals surface area contributed by atoms with Gasteiger partial charge in [-0.25, -0.2) is 0 Å². The summed E-state index contributed by atoms with van der Waals surface area (Å²) in [7, 11) is 3.31. The van der Waals surface area contributed by atoms with E-state index in [1.807, 2.05) is 12.1 Å². The first kappa shape index (κ1) is 11.7. The lowest BCUT2D eigenvalue weighted by Crippen LogP contribution is -2.17. The molecule has 0 saturated carbocycles. The Morgan fingerprint density at radius 2 is 2.00 bits per heavy atom. The second kappa shape index (κ2) is 5.06. The van der Waals surface area contributed by atoms with Crippen molar-refractivity contribution in [1.82, 2.24) is 0 Å². The van der Waals surface area contributed by atoms with Gasteiger partial charge in [-0.05, 0) is 29.7 Å². The molecular weight excluding hydrogens is 272 g/mol. The predicted molar refractivity (Wildman–Crippen MR) is 65.7 cm³/mol. The summed E-state index contributed by atoms with van der Waals surface area (Å²) < 4.78 is 16.3. The quantitative estimate of drug-likeness (QED) is 0.800. The molecule has 88 valence electrons. The molecule has 1 aliphatic heterocycles. The van der Waals surface area contributed by atoms with E-state index in [9.17, 15) is 0 Å². The van der Waals surface area contributed by atoms with Gasteiger partial charge in [-0.1, -0.05) is 15.9 Å². The monoisotopic (exact) mass is 286 g/mol. The van der Waals surface area contributed by atoms with Gasteiger partial charge in [-0.15, -0.1) is 0 Å². The van der Waals surface area contributed by atoms with Gasteiger partial charge in [0.1, 0.15) is 0 Å². The molecule has 1 aromatic carbocycles. The molecule has 0 radical (unpaired) electrons. The molecule has 0 fully saturated rings. The standard InChI is InChI=1S/C12H15BrO3/c1-14-10-5-8-3-4-16-12(7-13)9(8)6-11(10)15-2/h5-6,12H,3-4,7H2,1-2H3. The van der Waals surface area contributed by atoms with Gasteiger partial charge in [0.2, 0.25) is 0 Å². The highest BCUT2D eigenvalue weighted by molar-refractivity contribution is 9.09. The lowest BCUT2D eigenvalue weighted by atomic mass is 9.97. The van der Waals surface area contributed by atoms with E-state index in [4.69, 9.17) is 14.2 Å². The lowest BCUT2D eigenvalue weighted by Gasteiger charge is -2.25. The molecular formula is C12H15BrO3. The van der Waals surface area contributed by atoms with Gasteiger partial charge in [0.05, 0.1) is 26.9 Å². The third-order valence-electron chi connectivity index (χ3n) is 2.82. The lowest BCUT2D eigenvalue weighted by molar-refractivity contribution is 0.0592. The normalized spacial score (nSPS) is 19.1. The second-order valence-corrected chi connectivity index (χ2v) is 4.32. The highest BCUT2D eigenvalue weighted by Gasteiger charge is 2.22. The number of fused-ring (bicyclic) bond motifs is 1. The van der Waals surface area contributed by atoms with Crippen molar-refractivity contribution in [2.45, 2.75) is 12.5 Å². The molecule has 4 heteroatoms. The SMILES string of the molecule is COc1cc2c(cc1OC)C(CBr)OCC2. The molecule has 1 atom stereocenters. The fraction of sp³-hybridized carbons (Fsp3) is 0.500. The zero-order chi connectivity index (χ0) is 11.5. The van der Waals surface area contributed by atoms with Gasteiger partial charge in [-0.2, -0.15) is 0 Å². The van der Waals surface area contributed by atoms with Crippen LogP contribution in [0.4, 0.5) is 0 Å². The first-order valence-corrected chi connectivity index (χ1v) is 6.34. The number of benzene rings is 1. The molecule has 1 heterocycles. The van der Waals surface area contributed by atoms with Gasteiger partial charge >= 0.3 is 0 Å². The Labute approximate surface area is 104 Å². The van der Waals surface area contributed by atoms with E-state index in [0.29, 0.717) is 0 Å². The van der Waals surface area contributed by atoms with Crippen LogP contribution in [0.15, 0.2) is 12.1 Å². The van der Waals surface area contributed by atoms with E-state index >= 15 is 0 Å². The Hall–Kier alpha value is -0.740. The van der Waals surface area contributed by atoms with Crippen molar-refractivity contribution in [3.63, 3.8) is 0 Å². The first-order chi connectivity index (χ1) is 7.80. The van der Waals surface area contributed by atoms with E-state index < -0.39 is 0 Å². The maximum absolute atomic E-state index is 5.68. The van der Waals surface area contributed by atoms with Crippen LogP contribution in [0.2, 0.25) is 0 Å². The Morgan fingerprint density at radius 3 is 2.62 bits per heavy atom. The summed E-state index contributed by atoms with van der Waals surface area (Å²) in [6.07, 6.45) is 1.04. The van der Waals surface area contributed by atoms with Crippen molar-refractivity contribution < 1.29 is 14.2 Å². The zero-order valence-corrected chi connectivity index (χ0v) is 11.0. The first-order valence-electron chi connectivity index (χ1n) is 5.22. The summed E-state index contributed by atoms with van der Waals surface area (Å²) in [5.74, 6) is 1.55. The number of alkyl halides is 1. The predicted octanol–water partition coefficient (Wildman–Crippen LogP) is 2.71. The highest BCUT2D eigenvalue weighted by atomic mass is 79.9. The Bertz CT molecular complexity index is 379. The van der Waals surface area contributed by atoms with Crippen LogP contribution in [0.5, 0.6) is 11.5 Å². The van der Waals surface area contributed by atoms with E-state index in [2.05, 4.69) is 15.9 Å². The van der Waals surface area contributed by atoms with Crippen LogP contribution in [0.1, 0.15) is 17.2 Å². The molecule has 0 saturated heterocycles. The van der Waals surface area contributed by atoms with Gasteiger partial charge in [0.25, 0.3) is 0 Å². The van der Waals surface area contributed by atoms with Gasteiger partial charge in [0.15, 0.2) is 11.5 Å². The minimum absolute atomic E-state index is 0.114. The minimum Gasteiger partial charge on any atom is -0.493 e. The molecule has 0 amide bonds. The summed E-state index contributed by atoms with van der Waals surface area (Å²) in [5.41, 5.74) is 2.48. The number of rotatable bonds is 3. The van der Waals surface area contributed by atoms with Gasteiger partial charge in [-0.3, -0.25) is 0 Å². The van der Waals surface area contributed by atoms with Crippen molar-refractivity contribution in [1.29, 1.82) is 0 Å². The van der Waals surface area contributed by atoms with E-state index in [1.54, 1.807) is 14.2 Å². The molecule has 2 rings (SSSR count). The summed E-state index contributed by atoms with van der Waals surface area (Å²) in [6, 6.07) is 4.06. The molecule has 1 aromatic rings. The van der Waals surface area contributed by atoms with Crippen molar-refractivity contribution in [2.75, 3.05) is 26.2 Å². The minimum atomic E-state index is 0.114. The van der Waals surface area contributed by atoms with Crippen LogP contribution in [0, 0.1) is 0 Å². The number of ether oxygens (including phenoxy) is 3. The molecule has 1 unspecified atom stereocenters. The maximum atomic E-state index is 5.68. The average Bonchev–Trinajstić information content (AvgIpc) is 2.36. The number of halogens is 1. The fourth-order valence-corrected chi connectivity index (χ4v) is 2.52. The number of methoxy groups -OCH3 is 2. The van der Waals surface area contributed by atoms with Crippen LogP contribution in [0.3, 0.4) is 0 Å². The van der Waals surface area contributed by atoms with Crippen molar-refractivity contribution >= 4 is 15.9 Å². The van der Waals surface area contributed by atoms with E-state index in [0.717, 1.165) is 29.9 Å². The van der Waals surface area contributed by atoms with Crippen LogP contribution < -0.4 is 9.47 Å². The van der Waals surface area contributed by atoms with Crippen LogP contribution >= 0.6 is 15.9 Å². The Balaban J connectivity index is 2.46. The molecule has 16 heavy (non-hydrogen) atoms. The van der Waals surface area contributed by atoms with Crippen LogP contribution in [-0.4, -0.2) is 26.2 Å². The number of hydrogen-bond acceptors (Lipinski definition) is 3. The smallest absolute Gasteiger partial charge is 0.161 e. The zero-order valence-electron chi connectivity index (χ0n) is 9.46. The highest BCUT2D eigenvalue weighted by Crippen LogP contribution is 2.37. The second-order valence-electron chi connectivity index (χ2n) is 3.67. The van der Waals surface area contributed by atoms with Gasteiger partial charge < -0.3 is 14.2 Å².